The average Bonchev–Trinajstić information content (AvgIpc) is 3.27. The van der Waals surface area contributed by atoms with Gasteiger partial charge in [-0.05, 0) is 67.5 Å². The van der Waals surface area contributed by atoms with E-state index >= 15 is 0 Å². The van der Waals surface area contributed by atoms with E-state index in [9.17, 15) is 23.9 Å². The minimum Gasteiger partial charge on any atom is -0.478 e. The van der Waals surface area contributed by atoms with Crippen LogP contribution >= 0.6 is 12.2 Å². The first-order valence-electron chi connectivity index (χ1n) is 9.64. The minimum atomic E-state index is -1.17. The predicted octanol–water partition coefficient (Wildman–Crippen LogP) is 2.96. The highest BCUT2D eigenvalue weighted by Gasteiger charge is 2.35. The Morgan fingerprint density at radius 1 is 1.10 bits per heavy atom. The normalized spacial score (nSPS) is 18.0. The molecule has 0 aromatic heterocycles. The van der Waals surface area contributed by atoms with Gasteiger partial charge < -0.3 is 10.0 Å². The van der Waals surface area contributed by atoms with Crippen molar-refractivity contribution in [2.24, 2.45) is 0 Å². The SMILES string of the molecule is O=C1NC(=S)N(c2cccc(C(=O)O)c2)C(=O)C1=Cc1ccc(N2CCCC2)cc1F. The molecule has 2 fully saturated rings. The van der Waals surface area contributed by atoms with Gasteiger partial charge in [0.1, 0.15) is 11.4 Å². The van der Waals surface area contributed by atoms with Gasteiger partial charge in [-0.1, -0.05) is 6.07 Å². The summed E-state index contributed by atoms with van der Waals surface area (Å²) in [5.41, 5.74) is 0.685. The third kappa shape index (κ3) is 4.04. The lowest BCUT2D eigenvalue weighted by Gasteiger charge is -2.29. The zero-order valence-electron chi connectivity index (χ0n) is 16.3. The van der Waals surface area contributed by atoms with Crippen LogP contribution in [0, 0.1) is 5.82 Å². The summed E-state index contributed by atoms with van der Waals surface area (Å²) in [6.07, 6.45) is 3.29. The van der Waals surface area contributed by atoms with E-state index in [1.54, 1.807) is 6.07 Å². The van der Waals surface area contributed by atoms with Crippen molar-refractivity contribution >= 4 is 52.6 Å². The smallest absolute Gasteiger partial charge is 0.335 e. The Hall–Kier alpha value is -3.59. The van der Waals surface area contributed by atoms with Crippen molar-refractivity contribution in [3.63, 3.8) is 0 Å². The van der Waals surface area contributed by atoms with Crippen molar-refractivity contribution in [2.45, 2.75) is 12.8 Å². The number of benzene rings is 2. The zero-order chi connectivity index (χ0) is 22.1. The number of nitrogens with zero attached hydrogens (tertiary/aromatic N) is 2. The van der Waals surface area contributed by atoms with Gasteiger partial charge in [0.2, 0.25) is 0 Å². The molecule has 0 bridgehead atoms. The van der Waals surface area contributed by atoms with Crippen LogP contribution in [0.25, 0.3) is 6.08 Å². The standard InChI is InChI=1S/C22H18FN3O4S/c23-18-12-15(25-8-1-2-9-25)7-6-13(18)11-17-19(27)24-22(31)26(20(17)28)16-5-3-4-14(10-16)21(29)30/h3-7,10-12H,1-2,8-9H2,(H,29,30)(H,24,27,31). The number of carbonyl (C=O) groups is 3. The van der Waals surface area contributed by atoms with E-state index in [1.165, 1.54) is 42.5 Å². The van der Waals surface area contributed by atoms with E-state index in [1.807, 2.05) is 0 Å². The Bertz CT molecular complexity index is 1140. The molecule has 2 aliphatic rings. The maximum atomic E-state index is 14.7. The quantitative estimate of drug-likeness (QED) is 0.433. The van der Waals surface area contributed by atoms with Gasteiger partial charge in [-0.25, -0.2) is 9.18 Å². The monoisotopic (exact) mass is 439 g/mol. The highest BCUT2D eigenvalue weighted by Crippen LogP contribution is 2.26. The number of hydrogen-bond acceptors (Lipinski definition) is 5. The van der Waals surface area contributed by atoms with E-state index < -0.39 is 23.6 Å². The average molecular weight is 439 g/mol. The van der Waals surface area contributed by atoms with E-state index in [2.05, 4.69) is 10.2 Å². The van der Waals surface area contributed by atoms with E-state index in [4.69, 9.17) is 12.2 Å². The third-order valence-electron chi connectivity index (χ3n) is 5.21. The number of rotatable bonds is 4. The van der Waals surface area contributed by atoms with Gasteiger partial charge in [0.15, 0.2) is 5.11 Å². The van der Waals surface area contributed by atoms with Crippen LogP contribution in [-0.2, 0) is 9.59 Å². The Morgan fingerprint density at radius 3 is 2.52 bits per heavy atom. The fourth-order valence-corrected chi connectivity index (χ4v) is 3.91. The molecule has 2 amide bonds. The van der Waals surface area contributed by atoms with Crippen LogP contribution in [0.5, 0.6) is 0 Å². The van der Waals surface area contributed by atoms with Crippen molar-refractivity contribution in [3.8, 4) is 0 Å². The second kappa shape index (κ2) is 8.27. The molecule has 158 valence electrons. The molecule has 0 aliphatic carbocycles. The maximum absolute atomic E-state index is 14.7. The van der Waals surface area contributed by atoms with Crippen LogP contribution < -0.4 is 15.1 Å². The third-order valence-corrected chi connectivity index (χ3v) is 5.49. The molecule has 0 radical (unpaired) electrons. The van der Waals surface area contributed by atoms with Crippen molar-refractivity contribution in [1.82, 2.24) is 5.32 Å². The Balaban J connectivity index is 1.68. The molecule has 2 aromatic rings. The number of aromatic carboxylic acids is 1. The van der Waals surface area contributed by atoms with Crippen LogP contribution in [-0.4, -0.2) is 41.1 Å². The Kier molecular flexibility index (Phi) is 5.51. The number of amides is 2. The molecule has 2 N–H and O–H groups in total. The van der Waals surface area contributed by atoms with Crippen molar-refractivity contribution in [2.75, 3.05) is 22.9 Å². The zero-order valence-corrected chi connectivity index (χ0v) is 17.1. The maximum Gasteiger partial charge on any atom is 0.335 e. The van der Waals surface area contributed by atoms with Crippen LogP contribution in [0.2, 0.25) is 0 Å². The highest BCUT2D eigenvalue weighted by molar-refractivity contribution is 7.80. The number of carbonyl (C=O) groups excluding carboxylic acids is 2. The fourth-order valence-electron chi connectivity index (χ4n) is 3.63. The van der Waals surface area contributed by atoms with Crippen LogP contribution in [0.3, 0.4) is 0 Å². The number of carboxylic acid groups (broad SMARTS) is 1. The van der Waals surface area contributed by atoms with Crippen molar-refractivity contribution in [3.05, 3.63) is 65.0 Å². The molecule has 0 spiro atoms. The van der Waals surface area contributed by atoms with Gasteiger partial charge in [0.05, 0.1) is 11.3 Å². The van der Waals surface area contributed by atoms with E-state index in [0.717, 1.165) is 36.5 Å². The van der Waals surface area contributed by atoms with E-state index in [0.29, 0.717) is 0 Å². The molecule has 31 heavy (non-hydrogen) atoms. The molecule has 9 heteroatoms. The highest BCUT2D eigenvalue weighted by atomic mass is 32.1. The molecule has 0 atom stereocenters. The molecular weight excluding hydrogens is 421 g/mol. The number of carboxylic acids is 1. The topological polar surface area (TPSA) is 90.0 Å². The molecule has 2 aliphatic heterocycles. The first kappa shape index (κ1) is 20.7. The van der Waals surface area contributed by atoms with Crippen molar-refractivity contribution in [1.29, 1.82) is 0 Å². The summed E-state index contributed by atoms with van der Waals surface area (Å²) in [6, 6.07) is 10.3. The number of anilines is 2. The van der Waals surface area contributed by atoms with Gasteiger partial charge in [-0.2, -0.15) is 0 Å². The summed E-state index contributed by atoms with van der Waals surface area (Å²) in [7, 11) is 0. The predicted molar refractivity (Wildman–Crippen MR) is 117 cm³/mol. The number of thiocarbonyl (C=S) groups is 1. The Labute approximate surface area is 182 Å². The van der Waals surface area contributed by atoms with Gasteiger partial charge >= 0.3 is 5.97 Å². The lowest BCUT2D eigenvalue weighted by Crippen LogP contribution is -2.54. The van der Waals surface area contributed by atoms with E-state index in [-0.39, 0.29) is 27.5 Å². The number of hydrogen-bond donors (Lipinski definition) is 2. The number of nitrogens with one attached hydrogen (secondary N) is 1. The molecular formula is C22H18FN3O4S. The molecule has 0 saturated carbocycles. The summed E-state index contributed by atoms with van der Waals surface area (Å²) in [5.74, 6) is -3.23. The van der Waals surface area contributed by atoms with Gasteiger partial charge in [-0.3, -0.25) is 19.8 Å². The van der Waals surface area contributed by atoms with Crippen LogP contribution in [0.1, 0.15) is 28.8 Å². The van der Waals surface area contributed by atoms with Gasteiger partial charge in [-0.15, -0.1) is 0 Å². The van der Waals surface area contributed by atoms with Gasteiger partial charge in [0.25, 0.3) is 11.8 Å². The van der Waals surface area contributed by atoms with Gasteiger partial charge in [0, 0.05) is 24.3 Å². The molecule has 4 rings (SSSR count). The molecule has 2 aromatic carbocycles. The Morgan fingerprint density at radius 2 is 1.84 bits per heavy atom. The molecule has 2 saturated heterocycles. The summed E-state index contributed by atoms with van der Waals surface area (Å²) >= 11 is 5.11. The second-order valence-electron chi connectivity index (χ2n) is 7.21. The van der Waals surface area contributed by atoms with Crippen LogP contribution in [0.4, 0.5) is 15.8 Å². The first-order chi connectivity index (χ1) is 14.8. The minimum absolute atomic E-state index is 0.0425. The summed E-state index contributed by atoms with van der Waals surface area (Å²) in [4.78, 5) is 39.8. The summed E-state index contributed by atoms with van der Waals surface area (Å²) in [5, 5.41) is 11.4. The summed E-state index contributed by atoms with van der Waals surface area (Å²) < 4.78 is 14.7. The summed E-state index contributed by atoms with van der Waals surface area (Å²) in [6.45, 7) is 1.73. The lowest BCUT2D eigenvalue weighted by atomic mass is 10.1. The van der Waals surface area contributed by atoms with Crippen molar-refractivity contribution < 1.29 is 23.9 Å². The fraction of sp³-hybridized carbons (Fsp3) is 0.182. The lowest BCUT2D eigenvalue weighted by molar-refractivity contribution is -0.122. The molecule has 0 unspecified atom stereocenters. The van der Waals surface area contributed by atoms with Crippen LogP contribution in [0.15, 0.2) is 48.0 Å². The first-order valence-corrected chi connectivity index (χ1v) is 10.1. The molecule has 2 heterocycles. The largest absolute Gasteiger partial charge is 0.478 e. The molecule has 7 nitrogen and oxygen atoms in total. The second-order valence-corrected chi connectivity index (χ2v) is 7.60. The number of halogens is 1.